The quantitative estimate of drug-likeness (QED) is 0.0577. The summed E-state index contributed by atoms with van der Waals surface area (Å²) in [6.07, 6.45) is 7.68. The van der Waals surface area contributed by atoms with Crippen molar-refractivity contribution in [3.8, 4) is 11.6 Å². The van der Waals surface area contributed by atoms with Crippen LogP contribution >= 0.6 is 0 Å². The zero-order chi connectivity index (χ0) is 43.5. The number of aliphatic hydroxyl groups is 2. The van der Waals surface area contributed by atoms with E-state index in [-0.39, 0.29) is 53.0 Å². The molecule has 0 fully saturated rings. The number of esters is 4. The van der Waals surface area contributed by atoms with Crippen LogP contribution in [0.4, 0.5) is 11.6 Å². The van der Waals surface area contributed by atoms with Gasteiger partial charge in [0.2, 0.25) is 0 Å². The molecule has 0 aliphatic carbocycles. The molecule has 2 aliphatic heterocycles. The van der Waals surface area contributed by atoms with Gasteiger partial charge < -0.3 is 38.6 Å². The van der Waals surface area contributed by atoms with Gasteiger partial charge in [0.25, 0.3) is 23.0 Å². The van der Waals surface area contributed by atoms with E-state index in [9.17, 15) is 29.4 Å². The molecule has 6 heterocycles. The van der Waals surface area contributed by atoms with Gasteiger partial charge in [0, 0.05) is 56.2 Å². The van der Waals surface area contributed by atoms with Gasteiger partial charge >= 0.3 is 35.8 Å². The smallest absolute Gasteiger partial charge is 0.369 e. The van der Waals surface area contributed by atoms with E-state index in [0.29, 0.717) is 37.3 Å². The van der Waals surface area contributed by atoms with Crippen LogP contribution in [0.2, 0.25) is 0 Å². The van der Waals surface area contributed by atoms with Crippen molar-refractivity contribution in [2.45, 2.75) is 78.8 Å². The molecule has 6 rings (SSSR count). The Bertz CT molecular complexity index is 2170. The fourth-order valence-electron chi connectivity index (χ4n) is 5.56. The molecule has 23 heteroatoms. The Labute approximate surface area is 358 Å². The first-order chi connectivity index (χ1) is 28.8. The van der Waals surface area contributed by atoms with Crippen LogP contribution < -0.4 is 0 Å². The Balaban J connectivity index is 0.000000264. The predicted octanol–water partition coefficient (Wildman–Crippen LogP) is 6.69. The minimum absolute atomic E-state index is 0. The maximum absolute atomic E-state index is 12.3. The summed E-state index contributed by atoms with van der Waals surface area (Å²) in [4.78, 5) is 57.5. The van der Waals surface area contributed by atoms with Gasteiger partial charge in [-0.2, -0.15) is 19.6 Å². The van der Waals surface area contributed by atoms with Crippen molar-refractivity contribution in [2.24, 2.45) is 20.5 Å². The third-order valence-corrected chi connectivity index (χ3v) is 8.14. The van der Waals surface area contributed by atoms with Crippen molar-refractivity contribution in [3.05, 3.63) is 95.6 Å². The standard InChI is InChI=1S/2C19H21N5O6.Cu/c2*1-4-9-19(3)29-17(26)14(18(27)30-19)22-23-15-12(16(25)28-5-2)11-21-24(15)13-8-6-7-10-20-13;/h2*6-8,10-11,26H,4-5,9H2,1-3H3;. The first-order valence-corrected chi connectivity index (χ1v) is 18.6. The molecule has 0 amide bonds. The molecule has 0 saturated carbocycles. The molecule has 0 aromatic carbocycles. The number of hydrogen-bond donors (Lipinski definition) is 2. The molecule has 61 heavy (non-hydrogen) atoms. The Morgan fingerprint density at radius 1 is 0.656 bits per heavy atom. The average molecular weight is 894 g/mol. The minimum Gasteiger partial charge on any atom is -0.479 e. The van der Waals surface area contributed by atoms with Gasteiger partial charge in [-0.1, -0.05) is 26.0 Å². The monoisotopic (exact) mass is 893 g/mol. The molecule has 2 aliphatic rings. The molecule has 2 atom stereocenters. The number of nitrogens with zero attached hydrogens (tertiary/aromatic N) is 10. The van der Waals surface area contributed by atoms with Crippen molar-refractivity contribution in [2.75, 3.05) is 13.2 Å². The summed E-state index contributed by atoms with van der Waals surface area (Å²) >= 11 is 0. The maximum atomic E-state index is 12.3. The largest absolute Gasteiger partial charge is 0.479 e. The Kier molecular flexibility index (Phi) is 15.9. The van der Waals surface area contributed by atoms with Gasteiger partial charge in [-0.05, 0) is 51.0 Å². The van der Waals surface area contributed by atoms with E-state index in [1.54, 1.807) is 50.2 Å². The third-order valence-electron chi connectivity index (χ3n) is 8.14. The summed E-state index contributed by atoms with van der Waals surface area (Å²) in [6.45, 7) is 10.4. The number of carbonyl (C=O) groups is 4. The summed E-state index contributed by atoms with van der Waals surface area (Å²) in [5, 5.41) is 44.0. The van der Waals surface area contributed by atoms with Crippen molar-refractivity contribution in [1.29, 1.82) is 0 Å². The Hall–Kier alpha value is -7.00. The van der Waals surface area contributed by atoms with E-state index in [0.717, 1.165) is 0 Å². The molecule has 0 spiro atoms. The summed E-state index contributed by atoms with van der Waals surface area (Å²) < 4.78 is 33.6. The molecule has 2 N–H and O–H groups in total. The van der Waals surface area contributed by atoms with E-state index in [1.165, 1.54) is 48.0 Å². The first-order valence-electron chi connectivity index (χ1n) is 18.6. The molecule has 0 bridgehead atoms. The summed E-state index contributed by atoms with van der Waals surface area (Å²) in [5.41, 5.74) is -1.06. The van der Waals surface area contributed by atoms with Crippen LogP contribution in [0.3, 0.4) is 0 Å². The minimum atomic E-state index is -1.29. The number of aromatic nitrogens is 6. The number of pyridine rings is 2. The molecule has 4 aromatic heterocycles. The van der Waals surface area contributed by atoms with Crippen molar-refractivity contribution in [3.63, 3.8) is 0 Å². The SMILES string of the molecule is CCCC1(C)OC(=O)C(N=Nc2c(C(=O)OCC)cnn2-c2ccccn2)=C(O)O1.CCCC1(C)OC(=O)C(N=Nc2c(C(=O)OCC)cnn2-c2ccccn2)=C(O)O1.[Cu]. The molecular weight excluding hydrogens is 852 g/mol. The fourth-order valence-corrected chi connectivity index (χ4v) is 5.56. The zero-order valence-corrected chi connectivity index (χ0v) is 34.7. The second-order valence-electron chi connectivity index (χ2n) is 12.9. The van der Waals surface area contributed by atoms with Crippen LogP contribution in [0.5, 0.6) is 0 Å². The van der Waals surface area contributed by atoms with E-state index >= 15 is 0 Å². The number of aliphatic hydroxyl groups excluding tert-OH is 2. The maximum Gasteiger partial charge on any atom is 0.369 e. The molecule has 327 valence electrons. The van der Waals surface area contributed by atoms with Gasteiger partial charge in [0.1, 0.15) is 11.1 Å². The molecule has 22 nitrogen and oxygen atoms in total. The number of azo groups is 2. The van der Waals surface area contributed by atoms with Gasteiger partial charge in [-0.3, -0.25) is 0 Å². The van der Waals surface area contributed by atoms with Crippen LogP contribution in [0.1, 0.15) is 87.9 Å². The second kappa shape index (κ2) is 20.8. The molecule has 4 aromatic rings. The molecule has 1 radical (unpaired) electrons. The number of cyclic esters (lactones) is 2. The van der Waals surface area contributed by atoms with Crippen LogP contribution in [0.15, 0.2) is 105 Å². The third kappa shape index (κ3) is 11.2. The zero-order valence-electron chi connectivity index (χ0n) is 33.8. The van der Waals surface area contributed by atoms with E-state index in [1.807, 2.05) is 13.8 Å². The topological polar surface area (TPSA) is 275 Å². The van der Waals surface area contributed by atoms with Crippen molar-refractivity contribution >= 4 is 35.5 Å². The van der Waals surface area contributed by atoms with E-state index in [2.05, 4.69) is 40.6 Å². The summed E-state index contributed by atoms with van der Waals surface area (Å²) in [5.74, 6) is -6.53. The summed E-state index contributed by atoms with van der Waals surface area (Å²) in [6, 6.07) is 10.2. The van der Waals surface area contributed by atoms with Crippen LogP contribution in [0.25, 0.3) is 11.6 Å². The number of rotatable bonds is 14. The van der Waals surface area contributed by atoms with Crippen molar-refractivity contribution < 1.29 is 74.9 Å². The van der Waals surface area contributed by atoms with Gasteiger partial charge in [0.05, 0.1) is 25.6 Å². The van der Waals surface area contributed by atoms with E-state index in [4.69, 9.17) is 28.4 Å². The molecule has 0 saturated heterocycles. The van der Waals surface area contributed by atoms with Crippen LogP contribution in [0, 0.1) is 0 Å². The van der Waals surface area contributed by atoms with Gasteiger partial charge in [-0.25, -0.2) is 29.1 Å². The van der Waals surface area contributed by atoms with Crippen LogP contribution in [-0.2, 0) is 55.1 Å². The number of carbonyl (C=O) groups excluding carboxylic acids is 4. The number of hydrogen-bond acceptors (Lipinski definition) is 20. The number of ether oxygens (including phenoxy) is 6. The molecular formula is C38H42CuN10O12. The van der Waals surface area contributed by atoms with E-state index < -0.39 is 58.7 Å². The van der Waals surface area contributed by atoms with Crippen molar-refractivity contribution in [1.82, 2.24) is 29.5 Å². The van der Waals surface area contributed by atoms with Gasteiger partial charge in [0.15, 0.2) is 23.3 Å². The normalized spacial score (nSPS) is 18.7. The fraction of sp³-hybridized carbons (Fsp3) is 0.368. The Morgan fingerprint density at radius 3 is 1.36 bits per heavy atom. The molecule has 2 unspecified atom stereocenters. The average Bonchev–Trinajstić information content (AvgIpc) is 3.83. The van der Waals surface area contributed by atoms with Gasteiger partial charge in [-0.15, -0.1) is 20.5 Å². The first kappa shape index (κ1) is 46.7. The Morgan fingerprint density at radius 2 is 1.05 bits per heavy atom. The second-order valence-corrected chi connectivity index (χ2v) is 12.9. The summed E-state index contributed by atoms with van der Waals surface area (Å²) in [7, 11) is 0. The predicted molar refractivity (Wildman–Crippen MR) is 204 cm³/mol. The van der Waals surface area contributed by atoms with Crippen LogP contribution in [-0.4, -0.2) is 88.4 Å².